The van der Waals surface area contributed by atoms with Crippen molar-refractivity contribution in [3.05, 3.63) is 15.6 Å². The first kappa shape index (κ1) is 13.5. The number of aryl methyl sites for hydroxylation is 2. The lowest BCUT2D eigenvalue weighted by molar-refractivity contribution is -0.0194. The van der Waals surface area contributed by atoms with Gasteiger partial charge in [0.25, 0.3) is 5.91 Å². The minimum absolute atomic E-state index is 0.0852. The molecule has 18 heavy (non-hydrogen) atoms. The Morgan fingerprint density at radius 2 is 2.39 bits per heavy atom. The predicted octanol–water partition coefficient (Wildman–Crippen LogP) is 0.820. The van der Waals surface area contributed by atoms with E-state index in [1.807, 2.05) is 25.8 Å². The maximum Gasteiger partial charge on any atom is 0.266 e. The maximum atomic E-state index is 12.4. The molecule has 0 saturated carbocycles. The van der Waals surface area contributed by atoms with Gasteiger partial charge in [-0.25, -0.2) is 4.98 Å². The zero-order chi connectivity index (χ0) is 13.1. The van der Waals surface area contributed by atoms with Gasteiger partial charge >= 0.3 is 0 Å². The Morgan fingerprint density at radius 3 is 3.00 bits per heavy atom. The SMILES string of the molecule is CNCC1CN(C(=O)c2sc(C)nc2C)CCO1. The molecule has 5 nitrogen and oxygen atoms in total. The minimum atomic E-state index is 0.0852. The molecule has 1 N–H and O–H groups in total. The van der Waals surface area contributed by atoms with Gasteiger partial charge in [0.05, 0.1) is 23.4 Å². The van der Waals surface area contributed by atoms with Crippen LogP contribution in [0.15, 0.2) is 0 Å². The molecule has 100 valence electrons. The molecule has 1 atom stereocenters. The van der Waals surface area contributed by atoms with Gasteiger partial charge in [0.2, 0.25) is 0 Å². The molecule has 0 spiro atoms. The van der Waals surface area contributed by atoms with E-state index in [0.29, 0.717) is 19.7 Å². The van der Waals surface area contributed by atoms with Crippen LogP contribution in [0, 0.1) is 13.8 Å². The molecule has 6 heteroatoms. The van der Waals surface area contributed by atoms with Crippen molar-refractivity contribution in [3.63, 3.8) is 0 Å². The van der Waals surface area contributed by atoms with Crippen molar-refractivity contribution in [2.45, 2.75) is 20.0 Å². The molecular formula is C12H19N3O2S. The lowest BCUT2D eigenvalue weighted by Gasteiger charge is -2.32. The zero-order valence-electron chi connectivity index (χ0n) is 11.0. The summed E-state index contributed by atoms with van der Waals surface area (Å²) in [7, 11) is 1.89. The van der Waals surface area contributed by atoms with Crippen LogP contribution >= 0.6 is 11.3 Å². The fourth-order valence-corrected chi connectivity index (χ4v) is 3.02. The average Bonchev–Trinajstić information content (AvgIpc) is 2.68. The molecule has 0 radical (unpaired) electrons. The van der Waals surface area contributed by atoms with Gasteiger partial charge in [-0.05, 0) is 20.9 Å². The Hall–Kier alpha value is -0.980. The number of amides is 1. The molecule has 1 aromatic heterocycles. The second-order valence-electron chi connectivity index (χ2n) is 4.45. The molecule has 2 rings (SSSR count). The molecule has 1 aliphatic rings. The van der Waals surface area contributed by atoms with E-state index in [4.69, 9.17) is 4.74 Å². The molecule has 0 aromatic carbocycles. The third-order valence-corrected chi connectivity index (χ3v) is 4.02. The van der Waals surface area contributed by atoms with Crippen LogP contribution in [0.5, 0.6) is 0 Å². The third-order valence-electron chi connectivity index (χ3n) is 2.96. The number of nitrogens with one attached hydrogen (secondary N) is 1. The minimum Gasteiger partial charge on any atom is -0.373 e. The Kier molecular flexibility index (Phi) is 4.31. The molecule has 1 aliphatic heterocycles. The van der Waals surface area contributed by atoms with Crippen LogP contribution in [0.2, 0.25) is 0 Å². The fourth-order valence-electron chi connectivity index (χ4n) is 2.13. The number of aromatic nitrogens is 1. The van der Waals surface area contributed by atoms with Crippen LogP contribution in [-0.2, 0) is 4.74 Å². The Labute approximate surface area is 111 Å². The number of nitrogens with zero attached hydrogens (tertiary/aromatic N) is 2. The first-order chi connectivity index (χ1) is 8.61. The van der Waals surface area contributed by atoms with Crippen molar-refractivity contribution < 1.29 is 9.53 Å². The topological polar surface area (TPSA) is 54.5 Å². The Bertz CT molecular complexity index is 431. The first-order valence-electron chi connectivity index (χ1n) is 6.11. The van der Waals surface area contributed by atoms with Crippen molar-refractivity contribution in [1.82, 2.24) is 15.2 Å². The quantitative estimate of drug-likeness (QED) is 0.882. The summed E-state index contributed by atoms with van der Waals surface area (Å²) in [4.78, 5) is 19.3. The van der Waals surface area contributed by atoms with E-state index < -0.39 is 0 Å². The number of carbonyl (C=O) groups excluding carboxylic acids is 1. The van der Waals surface area contributed by atoms with E-state index in [0.717, 1.165) is 22.1 Å². The largest absolute Gasteiger partial charge is 0.373 e. The van der Waals surface area contributed by atoms with E-state index in [9.17, 15) is 4.79 Å². The van der Waals surface area contributed by atoms with Gasteiger partial charge in [-0.2, -0.15) is 0 Å². The summed E-state index contributed by atoms with van der Waals surface area (Å²) in [5.74, 6) is 0.0857. The van der Waals surface area contributed by atoms with Crippen molar-refractivity contribution >= 4 is 17.2 Å². The summed E-state index contributed by atoms with van der Waals surface area (Å²) in [6.45, 7) is 6.50. The molecule has 1 amide bonds. The monoisotopic (exact) mass is 269 g/mol. The van der Waals surface area contributed by atoms with Crippen molar-refractivity contribution in [2.24, 2.45) is 0 Å². The van der Waals surface area contributed by atoms with E-state index in [-0.39, 0.29) is 12.0 Å². The highest BCUT2D eigenvalue weighted by molar-refractivity contribution is 7.13. The van der Waals surface area contributed by atoms with E-state index >= 15 is 0 Å². The summed E-state index contributed by atoms with van der Waals surface area (Å²) < 4.78 is 5.60. The predicted molar refractivity (Wildman–Crippen MR) is 71.2 cm³/mol. The Morgan fingerprint density at radius 1 is 1.61 bits per heavy atom. The van der Waals surface area contributed by atoms with Crippen LogP contribution in [0.25, 0.3) is 0 Å². The molecular weight excluding hydrogens is 250 g/mol. The second-order valence-corrected chi connectivity index (χ2v) is 5.65. The van der Waals surface area contributed by atoms with Gasteiger partial charge in [-0.15, -0.1) is 11.3 Å². The highest BCUT2D eigenvalue weighted by atomic mass is 32.1. The number of hydrogen-bond donors (Lipinski definition) is 1. The normalized spacial score (nSPS) is 20.2. The van der Waals surface area contributed by atoms with Crippen LogP contribution in [0.3, 0.4) is 0 Å². The molecule has 1 unspecified atom stereocenters. The summed E-state index contributed by atoms with van der Waals surface area (Å²) in [6.07, 6.45) is 0.0852. The van der Waals surface area contributed by atoms with Crippen molar-refractivity contribution in [2.75, 3.05) is 33.3 Å². The first-order valence-corrected chi connectivity index (χ1v) is 6.93. The molecule has 1 saturated heterocycles. The zero-order valence-corrected chi connectivity index (χ0v) is 11.8. The van der Waals surface area contributed by atoms with Gasteiger partial charge in [-0.3, -0.25) is 4.79 Å². The standard InChI is InChI=1S/C12H19N3O2S/c1-8-11(18-9(2)14-8)12(16)15-4-5-17-10(7-15)6-13-3/h10,13H,4-7H2,1-3H3. The lowest BCUT2D eigenvalue weighted by atomic mass is 10.2. The van der Waals surface area contributed by atoms with Crippen LogP contribution < -0.4 is 5.32 Å². The van der Waals surface area contributed by atoms with Crippen molar-refractivity contribution in [3.8, 4) is 0 Å². The summed E-state index contributed by atoms with van der Waals surface area (Å²) in [6, 6.07) is 0. The molecule has 1 aromatic rings. The van der Waals surface area contributed by atoms with E-state index in [2.05, 4.69) is 10.3 Å². The highest BCUT2D eigenvalue weighted by Crippen LogP contribution is 2.20. The van der Waals surface area contributed by atoms with Gasteiger partial charge in [-0.1, -0.05) is 0 Å². The second kappa shape index (κ2) is 5.77. The Balaban J connectivity index is 2.06. The number of rotatable bonds is 3. The smallest absolute Gasteiger partial charge is 0.266 e. The van der Waals surface area contributed by atoms with Gasteiger partial charge < -0.3 is 15.0 Å². The molecule has 2 heterocycles. The van der Waals surface area contributed by atoms with Crippen molar-refractivity contribution in [1.29, 1.82) is 0 Å². The van der Waals surface area contributed by atoms with Gasteiger partial charge in [0.1, 0.15) is 4.88 Å². The average molecular weight is 269 g/mol. The van der Waals surface area contributed by atoms with Crippen LogP contribution in [0.1, 0.15) is 20.4 Å². The number of hydrogen-bond acceptors (Lipinski definition) is 5. The van der Waals surface area contributed by atoms with Crippen LogP contribution in [-0.4, -0.2) is 55.2 Å². The molecule has 0 bridgehead atoms. The number of morpholine rings is 1. The number of thiazole rings is 1. The van der Waals surface area contributed by atoms with E-state index in [1.54, 1.807) is 0 Å². The highest BCUT2D eigenvalue weighted by Gasteiger charge is 2.26. The van der Waals surface area contributed by atoms with E-state index in [1.165, 1.54) is 11.3 Å². The third kappa shape index (κ3) is 2.88. The summed E-state index contributed by atoms with van der Waals surface area (Å²) >= 11 is 1.47. The maximum absolute atomic E-state index is 12.4. The molecule has 0 aliphatic carbocycles. The number of likely N-dealkylation sites (N-methyl/N-ethyl adjacent to an activating group) is 1. The lowest BCUT2D eigenvalue weighted by Crippen LogP contribution is -2.48. The number of ether oxygens (including phenoxy) is 1. The molecule has 1 fully saturated rings. The summed E-state index contributed by atoms with van der Waals surface area (Å²) in [5, 5.41) is 4.02. The van der Waals surface area contributed by atoms with Crippen LogP contribution in [0.4, 0.5) is 0 Å². The fraction of sp³-hybridized carbons (Fsp3) is 0.667. The van der Waals surface area contributed by atoms with Gasteiger partial charge in [0, 0.05) is 19.6 Å². The number of carbonyl (C=O) groups is 1. The summed E-state index contributed by atoms with van der Waals surface area (Å²) in [5.41, 5.74) is 0.833. The van der Waals surface area contributed by atoms with Gasteiger partial charge in [0.15, 0.2) is 0 Å².